The number of nitrogens with two attached hydrogens (primary N) is 1. The summed E-state index contributed by atoms with van der Waals surface area (Å²) in [5.41, 5.74) is 8.01. The summed E-state index contributed by atoms with van der Waals surface area (Å²) in [5, 5.41) is 0. The van der Waals surface area contributed by atoms with Crippen LogP contribution < -0.4 is 10.5 Å². The zero-order valence-electron chi connectivity index (χ0n) is 34.3. The van der Waals surface area contributed by atoms with Crippen molar-refractivity contribution in [2.45, 2.75) is 128 Å². The summed E-state index contributed by atoms with van der Waals surface area (Å²) in [5.74, 6) is 0.00599. The second-order valence-electron chi connectivity index (χ2n) is 17.0. The first-order valence-corrected chi connectivity index (χ1v) is 22.1. The maximum Gasteiger partial charge on any atom is 0.332 e. The zero-order chi connectivity index (χ0) is 39.9. The average Bonchev–Trinajstić information content (AvgIpc) is 3.50. The predicted octanol–water partition coefficient (Wildman–Crippen LogP) is 9.02. The molecular weight excluding hydrogens is 907 g/mol. The van der Waals surface area contributed by atoms with Crippen LogP contribution in [0.15, 0.2) is 45.3 Å². The molecule has 0 saturated heterocycles. The van der Waals surface area contributed by atoms with Crippen LogP contribution in [0, 0.1) is 22.7 Å². The molecule has 0 unspecified atom stereocenters. The van der Waals surface area contributed by atoms with Crippen LogP contribution in [0.25, 0.3) is 0 Å². The van der Waals surface area contributed by atoms with Gasteiger partial charge in [-0.05, 0) is 144 Å². The molecule has 0 bridgehead atoms. The maximum absolute atomic E-state index is 13.8. The van der Waals surface area contributed by atoms with Crippen molar-refractivity contribution in [3.8, 4) is 0 Å². The molecule has 3 N–H and O–H groups in total. The van der Waals surface area contributed by atoms with Gasteiger partial charge >= 0.3 is 11.9 Å². The highest BCUT2D eigenvalue weighted by Crippen LogP contribution is 2.61. The quantitative estimate of drug-likeness (QED) is 0.251. The molecule has 2 spiro atoms. The second kappa shape index (κ2) is 19.1. The largest absolute Gasteiger partial charge is 0.464 e. The third kappa shape index (κ3) is 8.71. The number of ether oxygens (including phenoxy) is 4. The van der Waals surface area contributed by atoms with Crippen molar-refractivity contribution in [1.82, 2.24) is 4.72 Å². The van der Waals surface area contributed by atoms with Gasteiger partial charge in [-0.2, -0.15) is 0 Å². The van der Waals surface area contributed by atoms with Crippen LogP contribution in [-0.4, -0.2) is 60.5 Å². The van der Waals surface area contributed by atoms with Crippen molar-refractivity contribution in [1.29, 1.82) is 0 Å². The van der Waals surface area contributed by atoms with E-state index < -0.39 is 32.2 Å². The van der Waals surface area contributed by atoms with Crippen molar-refractivity contribution < 1.29 is 32.7 Å². The molecule has 2 saturated carbocycles. The minimum atomic E-state index is -1.45. The van der Waals surface area contributed by atoms with Crippen LogP contribution in [0.3, 0.4) is 0 Å². The average molecular weight is 970 g/mol. The highest BCUT2D eigenvalue weighted by atomic mass is 79.9. The molecule has 316 valence electrons. The summed E-state index contributed by atoms with van der Waals surface area (Å²) < 4.78 is 40.5. The summed E-state index contributed by atoms with van der Waals surface area (Å²) in [6, 6.07) is 12.2. The molecule has 9 atom stereocenters. The fourth-order valence-electron chi connectivity index (χ4n) is 10.2. The highest BCUT2D eigenvalue weighted by Gasteiger charge is 2.66. The molecule has 0 aliphatic heterocycles. The predicted molar refractivity (Wildman–Crippen MR) is 235 cm³/mol. The van der Waals surface area contributed by atoms with Crippen LogP contribution in [0.2, 0.25) is 0 Å². The van der Waals surface area contributed by atoms with E-state index >= 15 is 0 Å². The molecule has 56 heavy (non-hydrogen) atoms. The van der Waals surface area contributed by atoms with Gasteiger partial charge < -0.3 is 24.7 Å². The Balaban J connectivity index is 0.000000296. The Labute approximate surface area is 366 Å². The van der Waals surface area contributed by atoms with E-state index in [1.165, 1.54) is 0 Å². The number of fused-ring (bicyclic) bond motifs is 2. The van der Waals surface area contributed by atoms with Gasteiger partial charge in [-0.3, -0.25) is 0 Å². The normalized spacial score (nSPS) is 32.2. The molecule has 0 amide bonds. The minimum absolute atomic E-state index is 0. The standard InChI is InChI=1S/C23H34BrNO4S.C19H26BrNO3.2ClH/c1-7-29-20(26)23(25-30(27)21(3,4)5)18-12-17(24)9-8-16(18)14-22(23)11-10-19(28-6)15(2)13-22;1-4-24-17(22)19(21)15-9-14(20)6-5-13(15)11-18(19)8-7-16(23-3)12(2)10-18;;/h8-9,12,15,19,25H,7,10-11,13-14H2,1-6H3;5-6,9,12,16H,4,7-8,10-11,21H2,1-3H3;2*1H/t15-,19-,22-,23+,30-;12-,16-,18-,19+;;/m00../s1. The maximum atomic E-state index is 13.8. The van der Waals surface area contributed by atoms with Gasteiger partial charge in [0.2, 0.25) is 0 Å². The van der Waals surface area contributed by atoms with Gasteiger partial charge in [0.25, 0.3) is 0 Å². The number of carbonyl (C=O) groups excluding carboxylic acids is 2. The lowest BCUT2D eigenvalue weighted by molar-refractivity contribution is -0.161. The Morgan fingerprint density at radius 1 is 0.804 bits per heavy atom. The highest BCUT2D eigenvalue weighted by molar-refractivity contribution is 9.10. The lowest BCUT2D eigenvalue weighted by Crippen LogP contribution is -2.63. The Bertz CT molecular complexity index is 1750. The van der Waals surface area contributed by atoms with E-state index in [1.807, 2.05) is 58.9 Å². The lowest BCUT2D eigenvalue weighted by Gasteiger charge is -2.50. The molecule has 4 aliphatic rings. The third-order valence-corrected chi connectivity index (χ3v) is 15.3. The number of esters is 2. The molecule has 2 aromatic carbocycles. The number of methoxy groups -OCH3 is 2. The Morgan fingerprint density at radius 2 is 1.25 bits per heavy atom. The number of halogens is 4. The van der Waals surface area contributed by atoms with Crippen molar-refractivity contribution >= 4 is 79.6 Å². The minimum Gasteiger partial charge on any atom is -0.464 e. The van der Waals surface area contributed by atoms with Crippen LogP contribution in [-0.2, 0) is 63.4 Å². The van der Waals surface area contributed by atoms with Crippen molar-refractivity contribution in [2.75, 3.05) is 27.4 Å². The first kappa shape index (κ1) is 49.3. The van der Waals surface area contributed by atoms with Gasteiger partial charge in [-0.1, -0.05) is 57.8 Å². The fraction of sp³-hybridized carbons (Fsp3) is 0.667. The SMILES string of the molecule is CCOC(=O)[C@]1(N)c2cc(Br)ccc2C[C@@]12CC[C@H](OC)[C@@H](C)C2.CCOC(=O)[C@]1(N[S@@](=O)C(C)(C)C)c2cc(Br)ccc2C[C@@]12CC[C@H](OC)[C@@H](C)C2.Cl.Cl. The van der Waals surface area contributed by atoms with E-state index in [0.717, 1.165) is 82.6 Å². The fourth-order valence-corrected chi connectivity index (χ4v) is 11.9. The molecule has 14 heteroatoms. The Kier molecular flexibility index (Phi) is 16.8. The van der Waals surface area contributed by atoms with E-state index in [4.69, 9.17) is 24.7 Å². The molecule has 0 aromatic heterocycles. The monoisotopic (exact) mass is 966 g/mol. The van der Waals surface area contributed by atoms with E-state index in [1.54, 1.807) is 14.2 Å². The van der Waals surface area contributed by atoms with Crippen LogP contribution in [0.4, 0.5) is 0 Å². The van der Waals surface area contributed by atoms with Crippen LogP contribution in [0.5, 0.6) is 0 Å². The van der Waals surface area contributed by atoms with Gasteiger partial charge in [-0.25, -0.2) is 18.5 Å². The Morgan fingerprint density at radius 3 is 1.73 bits per heavy atom. The summed E-state index contributed by atoms with van der Waals surface area (Å²) in [4.78, 5) is 26.7. The number of nitrogens with one attached hydrogen (secondary N) is 1. The van der Waals surface area contributed by atoms with E-state index in [9.17, 15) is 13.8 Å². The molecule has 4 aliphatic carbocycles. The molecule has 0 radical (unpaired) electrons. The van der Waals surface area contributed by atoms with Crippen LogP contribution in [0.1, 0.15) is 109 Å². The van der Waals surface area contributed by atoms with Crippen LogP contribution >= 0.6 is 56.7 Å². The zero-order valence-corrected chi connectivity index (χ0v) is 39.9. The molecular formula is C42H62Br2Cl2N2O7S. The van der Waals surface area contributed by atoms with Gasteiger partial charge in [0, 0.05) is 34.0 Å². The van der Waals surface area contributed by atoms with E-state index in [2.05, 4.69) is 62.6 Å². The van der Waals surface area contributed by atoms with E-state index in [0.29, 0.717) is 12.5 Å². The topological polar surface area (TPSA) is 126 Å². The number of carbonyl (C=O) groups is 2. The van der Waals surface area contributed by atoms with E-state index in [-0.39, 0.29) is 66.9 Å². The summed E-state index contributed by atoms with van der Waals surface area (Å²) in [7, 11) is 2.07. The van der Waals surface area contributed by atoms with Gasteiger partial charge in [0.05, 0.1) is 41.2 Å². The lowest BCUT2D eigenvalue weighted by atomic mass is 9.59. The van der Waals surface area contributed by atoms with Crippen molar-refractivity contribution in [3.63, 3.8) is 0 Å². The summed E-state index contributed by atoms with van der Waals surface area (Å²) in [6.07, 6.45) is 7.10. The molecule has 2 aromatic rings. The first-order chi connectivity index (χ1) is 25.4. The summed E-state index contributed by atoms with van der Waals surface area (Å²) in [6.45, 7) is 14.4. The van der Waals surface area contributed by atoms with Gasteiger partial charge in [-0.15, -0.1) is 24.8 Å². The third-order valence-electron chi connectivity index (χ3n) is 12.8. The molecule has 9 nitrogen and oxygen atoms in total. The van der Waals surface area contributed by atoms with Crippen molar-refractivity contribution in [3.05, 3.63) is 67.6 Å². The number of benzene rings is 2. The van der Waals surface area contributed by atoms with Crippen molar-refractivity contribution in [2.24, 2.45) is 28.4 Å². The molecule has 6 rings (SSSR count). The van der Waals surface area contributed by atoms with Gasteiger partial charge in [0.15, 0.2) is 5.54 Å². The Hall–Kier alpha value is -1.09. The number of hydrogen-bond donors (Lipinski definition) is 2. The summed E-state index contributed by atoms with van der Waals surface area (Å²) >= 11 is 7.10. The molecule has 2 fully saturated rings. The number of rotatable bonds is 8. The van der Waals surface area contributed by atoms with Gasteiger partial charge in [0.1, 0.15) is 5.54 Å². The second-order valence-corrected chi connectivity index (χ2v) is 20.8. The smallest absolute Gasteiger partial charge is 0.332 e. The number of hydrogen-bond acceptors (Lipinski definition) is 8. The molecule has 0 heterocycles. The first-order valence-electron chi connectivity index (χ1n) is 19.3.